The molecule has 3 nitrogen and oxygen atoms in total. The van der Waals surface area contributed by atoms with Gasteiger partial charge < -0.3 is 4.42 Å². The molecule has 0 aliphatic carbocycles. The van der Waals surface area contributed by atoms with Crippen LogP contribution in [-0.2, 0) is 0 Å². The summed E-state index contributed by atoms with van der Waals surface area (Å²) in [6.07, 6.45) is 3.23. The largest absolute Gasteiger partial charge is 0.448 e. The molecule has 1 rings (SSSR count). The summed E-state index contributed by atoms with van der Waals surface area (Å²) in [5.41, 5.74) is 0. The van der Waals surface area contributed by atoms with Gasteiger partial charge in [-0.05, 0) is 6.07 Å². The Hall–Kier alpha value is -1.43. The molecule has 40 valence electrons. The summed E-state index contributed by atoms with van der Waals surface area (Å²) in [6.45, 7) is 0. The molecule has 1 N–H and O–H groups in total. The lowest BCUT2D eigenvalue weighted by molar-refractivity contribution is 0.585. The van der Waals surface area contributed by atoms with Crippen LogP contribution in [0.1, 0.15) is 0 Å². The summed E-state index contributed by atoms with van der Waals surface area (Å²) < 4.78 is 4.74. The minimum absolute atomic E-state index is 0.479. The Labute approximate surface area is 46.5 Å². The minimum Gasteiger partial charge on any atom is -0.448 e. The van der Waals surface area contributed by atoms with Crippen molar-refractivity contribution in [3.05, 3.63) is 18.4 Å². The molecule has 0 unspecified atom stereocenters. The van der Waals surface area contributed by atoms with Crippen molar-refractivity contribution < 1.29 is 4.42 Å². The second kappa shape index (κ2) is 2.03. The SMILES string of the molecule is N#CNc1ccco1. The fraction of sp³-hybridized carbons (Fsp3) is 0. The van der Waals surface area contributed by atoms with Gasteiger partial charge in [0.05, 0.1) is 6.26 Å². The monoisotopic (exact) mass is 108 g/mol. The summed E-state index contributed by atoms with van der Waals surface area (Å²) in [6, 6.07) is 3.38. The Kier molecular flexibility index (Phi) is 1.20. The molecule has 0 radical (unpaired) electrons. The highest BCUT2D eigenvalue weighted by atomic mass is 16.3. The smallest absolute Gasteiger partial charge is 0.205 e. The van der Waals surface area contributed by atoms with Crippen LogP contribution in [0.5, 0.6) is 0 Å². The average Bonchev–Trinajstić information content (AvgIpc) is 2.19. The van der Waals surface area contributed by atoms with Gasteiger partial charge in [0.2, 0.25) is 5.88 Å². The lowest BCUT2D eigenvalue weighted by Crippen LogP contribution is -1.80. The first-order chi connectivity index (χ1) is 3.93. The normalized spacial score (nSPS) is 7.88. The highest BCUT2D eigenvalue weighted by molar-refractivity contribution is 5.33. The number of nitrogens with one attached hydrogen (secondary N) is 1. The molecule has 0 spiro atoms. The summed E-state index contributed by atoms with van der Waals surface area (Å²) in [5, 5.41) is 10.3. The Balaban J connectivity index is 2.67. The van der Waals surface area contributed by atoms with E-state index in [1.165, 1.54) is 6.26 Å². The topological polar surface area (TPSA) is 49.0 Å². The lowest BCUT2D eigenvalue weighted by Gasteiger charge is -1.82. The third-order valence-electron chi connectivity index (χ3n) is 0.700. The lowest BCUT2D eigenvalue weighted by atomic mass is 10.6. The van der Waals surface area contributed by atoms with E-state index < -0.39 is 0 Å². The number of anilines is 1. The molecule has 0 aliphatic heterocycles. The van der Waals surface area contributed by atoms with Crippen molar-refractivity contribution in [3.63, 3.8) is 0 Å². The van der Waals surface area contributed by atoms with Crippen molar-refractivity contribution in [2.24, 2.45) is 0 Å². The molecule has 0 saturated heterocycles. The van der Waals surface area contributed by atoms with Crippen molar-refractivity contribution in [3.8, 4) is 6.19 Å². The van der Waals surface area contributed by atoms with E-state index >= 15 is 0 Å². The summed E-state index contributed by atoms with van der Waals surface area (Å²) >= 11 is 0. The maximum Gasteiger partial charge on any atom is 0.205 e. The third kappa shape index (κ3) is 0.793. The third-order valence-corrected chi connectivity index (χ3v) is 0.700. The van der Waals surface area contributed by atoms with Crippen LogP contribution in [0.2, 0.25) is 0 Å². The van der Waals surface area contributed by atoms with Gasteiger partial charge in [-0.25, -0.2) is 0 Å². The van der Waals surface area contributed by atoms with Crippen LogP contribution in [0.25, 0.3) is 0 Å². The predicted molar refractivity (Wildman–Crippen MR) is 27.9 cm³/mol. The van der Waals surface area contributed by atoms with Crippen LogP contribution in [0.4, 0.5) is 5.88 Å². The van der Waals surface area contributed by atoms with Gasteiger partial charge in [0.25, 0.3) is 0 Å². The Morgan fingerprint density at radius 2 is 2.62 bits per heavy atom. The van der Waals surface area contributed by atoms with E-state index in [4.69, 9.17) is 9.68 Å². The van der Waals surface area contributed by atoms with E-state index in [-0.39, 0.29) is 0 Å². The maximum absolute atomic E-state index is 8.02. The van der Waals surface area contributed by atoms with Gasteiger partial charge in [-0.3, -0.25) is 5.32 Å². The van der Waals surface area contributed by atoms with E-state index in [1.807, 2.05) is 0 Å². The van der Waals surface area contributed by atoms with Crippen molar-refractivity contribution >= 4 is 5.88 Å². The first-order valence-corrected chi connectivity index (χ1v) is 2.12. The van der Waals surface area contributed by atoms with Gasteiger partial charge in [0.1, 0.15) is 0 Å². The second-order valence-corrected chi connectivity index (χ2v) is 1.21. The highest BCUT2D eigenvalue weighted by Crippen LogP contribution is 2.03. The van der Waals surface area contributed by atoms with Crippen molar-refractivity contribution in [2.45, 2.75) is 0 Å². The molecular weight excluding hydrogens is 104 g/mol. The maximum atomic E-state index is 8.02. The molecule has 8 heavy (non-hydrogen) atoms. The van der Waals surface area contributed by atoms with Crippen LogP contribution in [0, 0.1) is 11.5 Å². The predicted octanol–water partition coefficient (Wildman–Crippen LogP) is 1.17. The van der Waals surface area contributed by atoms with E-state index in [9.17, 15) is 0 Å². The van der Waals surface area contributed by atoms with E-state index in [2.05, 4.69) is 5.32 Å². The molecular formula is C5H4N2O. The van der Waals surface area contributed by atoms with Crippen LogP contribution >= 0.6 is 0 Å². The number of nitrogens with zero attached hydrogens (tertiary/aromatic N) is 1. The molecule has 0 aliphatic rings. The van der Waals surface area contributed by atoms with E-state index in [0.29, 0.717) is 5.88 Å². The fourth-order valence-electron chi connectivity index (χ4n) is 0.405. The van der Waals surface area contributed by atoms with Gasteiger partial charge in [-0.1, -0.05) is 0 Å². The van der Waals surface area contributed by atoms with Crippen LogP contribution < -0.4 is 5.32 Å². The number of hydrogen-bond acceptors (Lipinski definition) is 3. The summed E-state index contributed by atoms with van der Waals surface area (Å²) in [4.78, 5) is 0. The molecule has 0 fully saturated rings. The Bertz CT molecular complexity index is 185. The fourth-order valence-corrected chi connectivity index (χ4v) is 0.405. The van der Waals surface area contributed by atoms with Crippen molar-refractivity contribution in [1.29, 1.82) is 5.26 Å². The van der Waals surface area contributed by atoms with Gasteiger partial charge in [-0.15, -0.1) is 0 Å². The Morgan fingerprint density at radius 1 is 1.75 bits per heavy atom. The standard InChI is InChI=1S/C5H4N2O/c6-4-7-5-2-1-3-8-5/h1-3,7H. The molecule has 0 aromatic carbocycles. The second-order valence-electron chi connectivity index (χ2n) is 1.21. The molecule has 1 aromatic rings. The number of hydrogen-bond donors (Lipinski definition) is 1. The molecule has 1 aromatic heterocycles. The van der Waals surface area contributed by atoms with Gasteiger partial charge >= 0.3 is 0 Å². The first-order valence-electron chi connectivity index (χ1n) is 2.12. The minimum atomic E-state index is 0.479. The zero-order valence-electron chi connectivity index (χ0n) is 4.09. The quantitative estimate of drug-likeness (QED) is 0.434. The van der Waals surface area contributed by atoms with Gasteiger partial charge in [-0.2, -0.15) is 5.26 Å². The summed E-state index contributed by atoms with van der Waals surface area (Å²) in [5.74, 6) is 0.479. The average molecular weight is 108 g/mol. The van der Waals surface area contributed by atoms with Crippen LogP contribution in [-0.4, -0.2) is 0 Å². The highest BCUT2D eigenvalue weighted by Gasteiger charge is 1.86. The molecule has 3 heteroatoms. The van der Waals surface area contributed by atoms with E-state index in [1.54, 1.807) is 18.3 Å². The van der Waals surface area contributed by atoms with Crippen LogP contribution in [0.3, 0.4) is 0 Å². The molecule has 0 bridgehead atoms. The molecule has 0 atom stereocenters. The number of furan rings is 1. The number of rotatable bonds is 1. The van der Waals surface area contributed by atoms with Gasteiger partial charge in [0, 0.05) is 6.07 Å². The number of nitriles is 1. The zero-order valence-corrected chi connectivity index (χ0v) is 4.09. The molecule has 1 heterocycles. The summed E-state index contributed by atoms with van der Waals surface area (Å²) in [7, 11) is 0. The van der Waals surface area contributed by atoms with Gasteiger partial charge in [0.15, 0.2) is 6.19 Å². The Morgan fingerprint density at radius 3 is 3.12 bits per heavy atom. The van der Waals surface area contributed by atoms with Crippen molar-refractivity contribution in [2.75, 3.05) is 5.32 Å². The van der Waals surface area contributed by atoms with Crippen LogP contribution in [0.15, 0.2) is 22.8 Å². The first kappa shape index (κ1) is 4.72. The van der Waals surface area contributed by atoms with Crippen molar-refractivity contribution in [1.82, 2.24) is 0 Å². The molecule has 0 amide bonds. The zero-order chi connectivity index (χ0) is 5.82. The van der Waals surface area contributed by atoms with E-state index in [0.717, 1.165) is 0 Å². The molecule has 0 saturated carbocycles.